The highest BCUT2D eigenvalue weighted by Crippen LogP contribution is 2.51. The highest BCUT2D eigenvalue weighted by Gasteiger charge is 2.38. The molecule has 0 saturated heterocycles. The van der Waals surface area contributed by atoms with Gasteiger partial charge in [0.15, 0.2) is 17.5 Å². The largest absolute Gasteiger partial charge is 0.333 e. The predicted octanol–water partition coefficient (Wildman–Crippen LogP) is 17.4. The average Bonchev–Trinajstić information content (AvgIpc) is 4.21. The van der Waals surface area contributed by atoms with Crippen LogP contribution in [0.3, 0.4) is 0 Å². The molecule has 0 N–H and O–H groups in total. The minimum atomic E-state index is 0.142. The van der Waals surface area contributed by atoms with E-state index in [4.69, 9.17) is 15.0 Å². The lowest BCUT2D eigenvalue weighted by Crippen LogP contribution is -2.28. The van der Waals surface area contributed by atoms with Gasteiger partial charge in [0.2, 0.25) is 0 Å². The monoisotopic (exact) mass is 974 g/mol. The maximum absolute atomic E-state index is 5.09. The zero-order chi connectivity index (χ0) is 50.3. The fraction of sp³-hybridized carbons (Fsp3) is 0.0714. The van der Waals surface area contributed by atoms with Crippen LogP contribution in [-0.4, -0.2) is 30.1 Å². The highest BCUT2D eigenvalue weighted by atomic mass is 15.2. The first-order chi connectivity index (χ1) is 37.6. The van der Waals surface area contributed by atoms with Crippen LogP contribution < -0.4 is 4.90 Å². The second-order valence-corrected chi connectivity index (χ2v) is 20.4. The van der Waals surface area contributed by atoms with Crippen LogP contribution in [0.1, 0.15) is 30.7 Å². The molecule has 15 rings (SSSR count). The summed E-state index contributed by atoms with van der Waals surface area (Å²) in [5.41, 5.74) is 18.2. The molecule has 0 saturated carbocycles. The molecule has 3 unspecified atom stereocenters. The summed E-state index contributed by atoms with van der Waals surface area (Å²) in [4.78, 5) is 17.7. The molecule has 0 amide bonds. The van der Waals surface area contributed by atoms with Crippen LogP contribution in [0.4, 0.5) is 11.4 Å². The first kappa shape index (κ1) is 43.9. The molecular formula is C70H50N6. The second-order valence-electron chi connectivity index (χ2n) is 20.4. The number of nitrogens with zero attached hydrogens (tertiary/aromatic N) is 6. The zero-order valence-electron chi connectivity index (χ0n) is 41.9. The van der Waals surface area contributed by atoms with Gasteiger partial charge in [0.1, 0.15) is 0 Å². The van der Waals surface area contributed by atoms with Gasteiger partial charge in [-0.25, -0.2) is 15.0 Å². The van der Waals surface area contributed by atoms with E-state index in [0.717, 1.165) is 62.2 Å². The van der Waals surface area contributed by atoms with E-state index in [1.54, 1.807) is 0 Å². The van der Waals surface area contributed by atoms with Crippen molar-refractivity contribution in [2.45, 2.75) is 25.3 Å². The zero-order valence-corrected chi connectivity index (χ0v) is 41.9. The Morgan fingerprint density at radius 1 is 0.408 bits per heavy atom. The number of rotatable bonds is 8. The van der Waals surface area contributed by atoms with Crippen molar-refractivity contribution >= 4 is 60.6 Å². The number of anilines is 2. The van der Waals surface area contributed by atoms with E-state index >= 15 is 0 Å². The Labute approximate surface area is 441 Å². The summed E-state index contributed by atoms with van der Waals surface area (Å²) < 4.78 is 4.85. The SMILES string of the molecule is CC1C=CC(c2nc(-c3ccccc3)nc(-c3ccc(-c4ccc(N5c6ccccc6C6C=CC=CC65)c(-c5ccc6c(c5)c5ccc(-n7c8ccccc8c8ccccc87)cc5n6-c5ccccc5)c4)cc3)n2)=CC1. The molecule has 0 fully saturated rings. The summed E-state index contributed by atoms with van der Waals surface area (Å²) in [7, 11) is 0. The van der Waals surface area contributed by atoms with Crippen molar-refractivity contribution in [3.63, 3.8) is 0 Å². The fourth-order valence-corrected chi connectivity index (χ4v) is 12.2. The normalized spacial score (nSPS) is 16.7. The number of allylic oxidation sites excluding steroid dienone is 6. The van der Waals surface area contributed by atoms with Gasteiger partial charge < -0.3 is 14.0 Å². The van der Waals surface area contributed by atoms with Gasteiger partial charge in [-0.05, 0) is 101 Å². The average molecular weight is 975 g/mol. The topological polar surface area (TPSA) is 51.8 Å². The Hall–Kier alpha value is -9.65. The molecule has 6 nitrogen and oxygen atoms in total. The molecule has 360 valence electrons. The van der Waals surface area contributed by atoms with Crippen molar-refractivity contribution in [3.05, 3.63) is 266 Å². The first-order valence-electron chi connectivity index (χ1n) is 26.4. The first-order valence-corrected chi connectivity index (χ1v) is 26.4. The van der Waals surface area contributed by atoms with Crippen LogP contribution in [0.2, 0.25) is 0 Å². The van der Waals surface area contributed by atoms with Gasteiger partial charge in [0.25, 0.3) is 0 Å². The Balaban J connectivity index is 0.892. The number of para-hydroxylation sites is 4. The van der Waals surface area contributed by atoms with Gasteiger partial charge in [-0.15, -0.1) is 0 Å². The third kappa shape index (κ3) is 7.20. The predicted molar refractivity (Wildman–Crippen MR) is 315 cm³/mol. The number of fused-ring (bicyclic) bond motifs is 9. The molecule has 76 heavy (non-hydrogen) atoms. The van der Waals surface area contributed by atoms with Gasteiger partial charge in [-0.3, -0.25) is 0 Å². The van der Waals surface area contributed by atoms with Crippen molar-refractivity contribution in [3.8, 4) is 56.4 Å². The van der Waals surface area contributed by atoms with Crippen LogP contribution in [0.25, 0.3) is 106 Å². The summed E-state index contributed by atoms with van der Waals surface area (Å²) in [6.07, 6.45) is 16.7. The molecule has 9 aromatic carbocycles. The molecule has 3 aromatic heterocycles. The van der Waals surface area contributed by atoms with E-state index < -0.39 is 0 Å². The van der Waals surface area contributed by atoms with E-state index in [-0.39, 0.29) is 12.0 Å². The lowest BCUT2D eigenvalue weighted by Gasteiger charge is -2.31. The Kier molecular flexibility index (Phi) is 10.3. The van der Waals surface area contributed by atoms with Crippen LogP contribution >= 0.6 is 0 Å². The minimum Gasteiger partial charge on any atom is -0.333 e. The van der Waals surface area contributed by atoms with Crippen LogP contribution in [0, 0.1) is 5.92 Å². The smallest absolute Gasteiger partial charge is 0.164 e. The number of aromatic nitrogens is 5. The van der Waals surface area contributed by atoms with Crippen LogP contribution in [-0.2, 0) is 0 Å². The summed E-state index contributed by atoms with van der Waals surface area (Å²) in [6, 6.07) is 77.4. The van der Waals surface area contributed by atoms with Crippen LogP contribution in [0.5, 0.6) is 0 Å². The molecule has 12 aromatic rings. The molecule has 1 aliphatic heterocycles. The van der Waals surface area contributed by atoms with E-state index in [2.05, 4.69) is 258 Å². The summed E-state index contributed by atoms with van der Waals surface area (Å²) >= 11 is 0. The molecule has 0 spiro atoms. The Bertz CT molecular complexity index is 4350. The summed E-state index contributed by atoms with van der Waals surface area (Å²) in [5.74, 6) is 2.75. The maximum atomic E-state index is 5.09. The third-order valence-electron chi connectivity index (χ3n) is 15.8. The Morgan fingerprint density at radius 2 is 1.01 bits per heavy atom. The third-order valence-corrected chi connectivity index (χ3v) is 15.8. The summed E-state index contributed by atoms with van der Waals surface area (Å²) in [5, 5.41) is 4.90. The molecule has 0 radical (unpaired) electrons. The molecule has 3 aliphatic rings. The van der Waals surface area contributed by atoms with E-state index in [1.165, 1.54) is 55.1 Å². The number of benzene rings is 9. The van der Waals surface area contributed by atoms with Crippen molar-refractivity contribution in [1.82, 2.24) is 24.1 Å². The van der Waals surface area contributed by atoms with Gasteiger partial charge in [0, 0.05) is 72.5 Å². The quantitative estimate of drug-likeness (QED) is 0.152. The maximum Gasteiger partial charge on any atom is 0.164 e. The minimum absolute atomic E-state index is 0.142. The van der Waals surface area contributed by atoms with E-state index in [0.29, 0.717) is 23.4 Å². The standard InChI is InChI=1S/C70H50N6/c1-45-28-30-48(31-29-45)69-71-68(47-16-4-2-5-17-47)72-70(73-69)49-34-32-46(33-35-49)50-36-40-65(76-63-26-14-10-22-56(63)57-23-11-15-27-64(57)76)59(42-50)51-37-41-66-60(43-51)58-39-38-53(44-67(58)74(66)52-18-6-3-7-19-52)75-61-24-12-8-20-54(61)55-21-9-13-25-62(55)75/h2-28,30-45,56,63H,29H2,1H3. The fourth-order valence-electron chi connectivity index (χ4n) is 12.2. The van der Waals surface area contributed by atoms with Gasteiger partial charge in [-0.2, -0.15) is 0 Å². The number of hydrogen-bond acceptors (Lipinski definition) is 4. The van der Waals surface area contributed by atoms with Crippen molar-refractivity contribution in [2.24, 2.45) is 5.92 Å². The van der Waals surface area contributed by atoms with Crippen molar-refractivity contribution < 1.29 is 0 Å². The molecule has 3 atom stereocenters. The molecule has 6 heteroatoms. The van der Waals surface area contributed by atoms with E-state index in [9.17, 15) is 0 Å². The van der Waals surface area contributed by atoms with Crippen LogP contribution in [0.15, 0.2) is 255 Å². The Morgan fingerprint density at radius 3 is 1.78 bits per heavy atom. The lowest BCUT2D eigenvalue weighted by molar-refractivity contribution is 0.738. The number of hydrogen-bond donors (Lipinski definition) is 0. The lowest BCUT2D eigenvalue weighted by atomic mass is 9.91. The molecule has 2 aliphatic carbocycles. The van der Waals surface area contributed by atoms with Gasteiger partial charge in [-0.1, -0.05) is 195 Å². The van der Waals surface area contributed by atoms with Crippen molar-refractivity contribution in [1.29, 1.82) is 0 Å². The molecule has 0 bridgehead atoms. The van der Waals surface area contributed by atoms with E-state index in [1.807, 2.05) is 18.2 Å². The van der Waals surface area contributed by atoms with Gasteiger partial charge in [0.05, 0.1) is 28.1 Å². The highest BCUT2D eigenvalue weighted by molar-refractivity contribution is 6.13. The molecule has 4 heterocycles. The van der Waals surface area contributed by atoms with Crippen molar-refractivity contribution in [2.75, 3.05) is 4.90 Å². The second kappa shape index (κ2) is 17.8. The summed E-state index contributed by atoms with van der Waals surface area (Å²) in [6.45, 7) is 2.23. The van der Waals surface area contributed by atoms with Gasteiger partial charge >= 0.3 is 0 Å². The molecular weight excluding hydrogens is 925 g/mol.